The highest BCUT2D eigenvalue weighted by Crippen LogP contribution is 2.35. The van der Waals surface area contributed by atoms with Crippen molar-refractivity contribution in [3.8, 4) is 11.5 Å². The highest BCUT2D eigenvalue weighted by Gasteiger charge is 2.36. The summed E-state index contributed by atoms with van der Waals surface area (Å²) in [5, 5.41) is 0.366. The van der Waals surface area contributed by atoms with Crippen molar-refractivity contribution in [3.63, 3.8) is 0 Å². The standard InChI is InChI=1S/C21H17Cl2NO6S/c1-28-17-8-12(9-18-20(26)24(21(27)31-18)10-19(25)29-2)4-6-16(17)30-11-13-3-5-14(22)15(23)7-13/h3-9H,10-11H2,1-2H3/b18-9-. The second-order valence-electron chi connectivity index (χ2n) is 6.29. The Hall–Kier alpha value is -2.68. The first-order valence-electron chi connectivity index (χ1n) is 8.89. The summed E-state index contributed by atoms with van der Waals surface area (Å²) >= 11 is 12.7. The molecule has 0 saturated carbocycles. The summed E-state index contributed by atoms with van der Waals surface area (Å²) in [6.07, 6.45) is 1.55. The molecule has 2 amide bonds. The Morgan fingerprint density at radius 2 is 1.84 bits per heavy atom. The van der Waals surface area contributed by atoms with Crippen molar-refractivity contribution in [1.82, 2.24) is 4.90 Å². The molecule has 0 unspecified atom stereocenters. The van der Waals surface area contributed by atoms with Gasteiger partial charge in [0.2, 0.25) is 0 Å². The number of hydrogen-bond donors (Lipinski definition) is 0. The number of esters is 1. The Morgan fingerprint density at radius 3 is 2.52 bits per heavy atom. The summed E-state index contributed by atoms with van der Waals surface area (Å²) < 4.78 is 15.7. The Balaban J connectivity index is 1.75. The fourth-order valence-corrected chi connectivity index (χ4v) is 3.82. The van der Waals surface area contributed by atoms with Crippen molar-refractivity contribution in [2.75, 3.05) is 20.8 Å². The second-order valence-corrected chi connectivity index (χ2v) is 8.10. The second kappa shape index (κ2) is 10.1. The van der Waals surface area contributed by atoms with Crippen LogP contribution in [0.3, 0.4) is 0 Å². The molecule has 1 heterocycles. The first-order valence-corrected chi connectivity index (χ1v) is 10.5. The predicted octanol–water partition coefficient (Wildman–Crippen LogP) is 4.79. The number of rotatable bonds is 7. The lowest BCUT2D eigenvalue weighted by atomic mass is 10.1. The van der Waals surface area contributed by atoms with E-state index in [1.807, 2.05) is 0 Å². The summed E-state index contributed by atoms with van der Waals surface area (Å²) in [5.41, 5.74) is 1.46. The molecular weight excluding hydrogens is 465 g/mol. The smallest absolute Gasteiger partial charge is 0.325 e. The van der Waals surface area contributed by atoms with Gasteiger partial charge in [-0.2, -0.15) is 0 Å². The van der Waals surface area contributed by atoms with Crippen molar-refractivity contribution < 1.29 is 28.6 Å². The molecule has 0 spiro atoms. The number of benzene rings is 2. The van der Waals surface area contributed by atoms with Gasteiger partial charge in [0.05, 0.1) is 29.2 Å². The molecule has 1 aliphatic heterocycles. The van der Waals surface area contributed by atoms with Crippen LogP contribution in [-0.4, -0.2) is 42.8 Å². The summed E-state index contributed by atoms with van der Waals surface area (Å²) in [4.78, 5) is 36.9. The van der Waals surface area contributed by atoms with Gasteiger partial charge in [-0.1, -0.05) is 35.3 Å². The van der Waals surface area contributed by atoms with Gasteiger partial charge in [-0.3, -0.25) is 19.3 Å². The quantitative estimate of drug-likeness (QED) is 0.415. The molecule has 0 bridgehead atoms. The largest absolute Gasteiger partial charge is 0.493 e. The third-order valence-electron chi connectivity index (χ3n) is 4.25. The molecule has 0 aliphatic carbocycles. The van der Waals surface area contributed by atoms with Crippen LogP contribution in [0.4, 0.5) is 4.79 Å². The van der Waals surface area contributed by atoms with Crippen molar-refractivity contribution >= 4 is 58.2 Å². The molecule has 0 radical (unpaired) electrons. The van der Waals surface area contributed by atoms with E-state index >= 15 is 0 Å². The zero-order valence-electron chi connectivity index (χ0n) is 16.5. The number of halogens is 2. The minimum Gasteiger partial charge on any atom is -0.493 e. The normalized spacial score (nSPS) is 14.8. The molecule has 10 heteroatoms. The van der Waals surface area contributed by atoms with E-state index in [1.165, 1.54) is 14.2 Å². The maximum atomic E-state index is 12.4. The Kier molecular flexibility index (Phi) is 7.48. The lowest BCUT2D eigenvalue weighted by molar-refractivity contribution is -0.143. The van der Waals surface area contributed by atoms with Gasteiger partial charge in [-0.15, -0.1) is 0 Å². The summed E-state index contributed by atoms with van der Waals surface area (Å²) in [6, 6.07) is 10.3. The zero-order valence-corrected chi connectivity index (χ0v) is 18.8. The van der Waals surface area contributed by atoms with Crippen LogP contribution in [0.5, 0.6) is 11.5 Å². The van der Waals surface area contributed by atoms with E-state index in [9.17, 15) is 14.4 Å². The van der Waals surface area contributed by atoms with Crippen LogP contribution in [0.2, 0.25) is 10.0 Å². The molecule has 31 heavy (non-hydrogen) atoms. The van der Waals surface area contributed by atoms with E-state index in [1.54, 1.807) is 42.5 Å². The number of carbonyl (C=O) groups excluding carboxylic acids is 3. The number of ether oxygens (including phenoxy) is 3. The van der Waals surface area contributed by atoms with Crippen LogP contribution >= 0.6 is 35.0 Å². The van der Waals surface area contributed by atoms with E-state index < -0.39 is 23.7 Å². The first-order chi connectivity index (χ1) is 14.8. The van der Waals surface area contributed by atoms with E-state index in [0.717, 1.165) is 22.2 Å². The average Bonchev–Trinajstić information content (AvgIpc) is 3.02. The summed E-state index contributed by atoms with van der Waals surface area (Å²) in [6.45, 7) is -0.178. The van der Waals surface area contributed by atoms with Gasteiger partial charge in [0.25, 0.3) is 11.1 Å². The van der Waals surface area contributed by atoms with Gasteiger partial charge >= 0.3 is 5.97 Å². The molecule has 0 N–H and O–H groups in total. The van der Waals surface area contributed by atoms with Crippen LogP contribution in [0.15, 0.2) is 41.3 Å². The van der Waals surface area contributed by atoms with Crippen molar-refractivity contribution in [1.29, 1.82) is 0 Å². The minimum absolute atomic E-state index is 0.195. The van der Waals surface area contributed by atoms with E-state index in [4.69, 9.17) is 32.7 Å². The van der Waals surface area contributed by atoms with Crippen molar-refractivity contribution in [2.24, 2.45) is 0 Å². The number of carbonyl (C=O) groups is 3. The highest BCUT2D eigenvalue weighted by atomic mass is 35.5. The van der Waals surface area contributed by atoms with E-state index in [-0.39, 0.29) is 11.5 Å². The third-order valence-corrected chi connectivity index (χ3v) is 5.90. The number of amides is 2. The van der Waals surface area contributed by atoms with Crippen molar-refractivity contribution in [3.05, 3.63) is 62.5 Å². The monoisotopic (exact) mass is 481 g/mol. The minimum atomic E-state index is -0.673. The van der Waals surface area contributed by atoms with Crippen LogP contribution < -0.4 is 9.47 Å². The molecular formula is C21H17Cl2NO6S. The lowest BCUT2D eigenvalue weighted by Crippen LogP contribution is -2.34. The number of hydrogen-bond acceptors (Lipinski definition) is 7. The van der Waals surface area contributed by atoms with E-state index in [2.05, 4.69) is 4.74 Å². The van der Waals surface area contributed by atoms with Crippen LogP contribution in [-0.2, 0) is 20.9 Å². The first kappa shape index (κ1) is 23.0. The molecule has 1 fully saturated rings. The third kappa shape index (κ3) is 5.52. The molecule has 3 rings (SSSR count). The van der Waals surface area contributed by atoms with E-state index in [0.29, 0.717) is 27.1 Å². The summed E-state index contributed by atoms with van der Waals surface area (Å²) in [7, 11) is 2.68. The number of nitrogens with zero attached hydrogens (tertiary/aromatic N) is 1. The SMILES string of the molecule is COC(=O)CN1C(=O)S/C(=C\c2ccc(OCc3ccc(Cl)c(Cl)c3)c(OC)c2)C1=O. The fourth-order valence-electron chi connectivity index (χ4n) is 2.67. The Bertz CT molecular complexity index is 1070. The van der Waals surface area contributed by atoms with Crippen LogP contribution in [0.25, 0.3) is 6.08 Å². The molecule has 0 aromatic heterocycles. The van der Waals surface area contributed by atoms with Crippen molar-refractivity contribution in [2.45, 2.75) is 6.61 Å². The Morgan fingerprint density at radius 1 is 1.06 bits per heavy atom. The highest BCUT2D eigenvalue weighted by molar-refractivity contribution is 8.18. The molecule has 2 aromatic rings. The molecule has 162 valence electrons. The predicted molar refractivity (Wildman–Crippen MR) is 118 cm³/mol. The van der Waals surface area contributed by atoms with Gasteiger partial charge in [0.1, 0.15) is 13.2 Å². The molecule has 0 atom stereocenters. The Labute approximate surface area is 192 Å². The van der Waals surface area contributed by atoms with Gasteiger partial charge in [0, 0.05) is 0 Å². The number of imide groups is 1. The maximum absolute atomic E-state index is 12.4. The van der Waals surface area contributed by atoms with Gasteiger partial charge in [0.15, 0.2) is 11.5 Å². The maximum Gasteiger partial charge on any atom is 0.325 e. The van der Waals surface area contributed by atoms with Crippen LogP contribution in [0.1, 0.15) is 11.1 Å². The fraction of sp³-hybridized carbons (Fsp3) is 0.190. The topological polar surface area (TPSA) is 82.1 Å². The number of methoxy groups -OCH3 is 2. The molecule has 2 aromatic carbocycles. The lowest BCUT2D eigenvalue weighted by Gasteiger charge is -2.12. The van der Waals surface area contributed by atoms with Crippen LogP contribution in [0, 0.1) is 0 Å². The average molecular weight is 482 g/mol. The molecule has 7 nitrogen and oxygen atoms in total. The van der Waals surface area contributed by atoms with Gasteiger partial charge in [-0.05, 0) is 53.2 Å². The summed E-state index contributed by atoms with van der Waals surface area (Å²) in [5.74, 6) is -0.292. The number of thioether (sulfide) groups is 1. The van der Waals surface area contributed by atoms with Gasteiger partial charge in [-0.25, -0.2) is 0 Å². The molecule has 1 aliphatic rings. The molecule has 1 saturated heterocycles. The van der Waals surface area contributed by atoms with Gasteiger partial charge < -0.3 is 14.2 Å². The zero-order chi connectivity index (χ0) is 22.5.